The third-order valence-electron chi connectivity index (χ3n) is 3.05. The fourth-order valence-electron chi connectivity index (χ4n) is 2.12. The predicted molar refractivity (Wildman–Crippen MR) is 78.3 cm³/mol. The summed E-state index contributed by atoms with van der Waals surface area (Å²) in [6.45, 7) is 0. The maximum atomic E-state index is 6.22. The first-order valence-electron chi connectivity index (χ1n) is 5.87. The first-order valence-corrected chi connectivity index (χ1v) is 8.59. The largest absolute Gasteiger partial charge is 0.323 e. The van der Waals surface area contributed by atoms with Gasteiger partial charge in [0, 0.05) is 26.4 Å². The van der Waals surface area contributed by atoms with Crippen LogP contribution in [0.3, 0.4) is 0 Å². The molecule has 1 aromatic heterocycles. The van der Waals surface area contributed by atoms with Crippen LogP contribution in [0.5, 0.6) is 0 Å². The summed E-state index contributed by atoms with van der Waals surface area (Å²) in [6.07, 6.45) is 7.04. The molecule has 0 bridgehead atoms. The Morgan fingerprint density at radius 3 is 2.81 bits per heavy atom. The summed E-state index contributed by atoms with van der Waals surface area (Å²) in [5.74, 6) is 1.06. The molecular formula is C12H18BrNS2. The molecule has 16 heavy (non-hydrogen) atoms. The van der Waals surface area contributed by atoms with E-state index in [1.54, 1.807) is 11.3 Å². The van der Waals surface area contributed by atoms with Gasteiger partial charge in [0.2, 0.25) is 0 Å². The molecule has 1 saturated carbocycles. The number of thioether (sulfide) groups is 1. The predicted octanol–water partition coefficient (Wildman–Crippen LogP) is 4.58. The molecule has 0 amide bonds. The molecule has 2 rings (SSSR count). The van der Waals surface area contributed by atoms with Crippen LogP contribution in [0.2, 0.25) is 0 Å². The molecule has 1 unspecified atom stereocenters. The van der Waals surface area contributed by atoms with Crippen molar-refractivity contribution in [2.75, 3.05) is 5.75 Å². The van der Waals surface area contributed by atoms with Gasteiger partial charge in [-0.2, -0.15) is 11.8 Å². The molecular weight excluding hydrogens is 302 g/mol. The van der Waals surface area contributed by atoms with Gasteiger partial charge >= 0.3 is 0 Å². The number of nitrogens with two attached hydrogens (primary N) is 1. The van der Waals surface area contributed by atoms with Gasteiger partial charge in [0.15, 0.2) is 0 Å². The van der Waals surface area contributed by atoms with Crippen molar-refractivity contribution in [3.63, 3.8) is 0 Å². The lowest BCUT2D eigenvalue weighted by Gasteiger charge is -2.22. The van der Waals surface area contributed by atoms with Gasteiger partial charge in [-0.15, -0.1) is 11.3 Å². The van der Waals surface area contributed by atoms with E-state index in [-0.39, 0.29) is 6.04 Å². The first-order chi connectivity index (χ1) is 7.77. The van der Waals surface area contributed by atoms with Crippen molar-refractivity contribution in [1.29, 1.82) is 0 Å². The number of hydrogen-bond donors (Lipinski definition) is 1. The highest BCUT2D eigenvalue weighted by Crippen LogP contribution is 2.33. The van der Waals surface area contributed by atoms with Crippen molar-refractivity contribution >= 4 is 39.0 Å². The second-order valence-electron chi connectivity index (χ2n) is 4.33. The van der Waals surface area contributed by atoms with Crippen LogP contribution in [0.25, 0.3) is 0 Å². The van der Waals surface area contributed by atoms with Crippen molar-refractivity contribution in [3.8, 4) is 0 Å². The number of rotatable bonds is 4. The van der Waals surface area contributed by atoms with Gasteiger partial charge < -0.3 is 5.73 Å². The summed E-state index contributed by atoms with van der Waals surface area (Å²) in [5, 5.41) is 2.96. The molecule has 2 N–H and O–H groups in total. The van der Waals surface area contributed by atoms with Crippen molar-refractivity contribution in [3.05, 3.63) is 20.8 Å². The van der Waals surface area contributed by atoms with Crippen molar-refractivity contribution in [2.45, 2.75) is 43.4 Å². The summed E-state index contributed by atoms with van der Waals surface area (Å²) < 4.78 is 1.18. The molecule has 1 atom stereocenters. The van der Waals surface area contributed by atoms with Crippen LogP contribution in [-0.2, 0) is 0 Å². The Hall–Kier alpha value is 0.490. The molecule has 0 spiro atoms. The maximum Gasteiger partial charge on any atom is 0.0493 e. The minimum Gasteiger partial charge on any atom is -0.323 e. The molecule has 4 heteroatoms. The lowest BCUT2D eigenvalue weighted by Crippen LogP contribution is -2.16. The monoisotopic (exact) mass is 319 g/mol. The summed E-state index contributed by atoms with van der Waals surface area (Å²) in [5.41, 5.74) is 6.22. The molecule has 0 saturated heterocycles. The number of halogens is 1. The highest BCUT2D eigenvalue weighted by molar-refractivity contribution is 9.10. The zero-order valence-corrected chi connectivity index (χ0v) is 12.5. The number of thiophene rings is 1. The highest BCUT2D eigenvalue weighted by Gasteiger charge is 2.17. The lowest BCUT2D eigenvalue weighted by atomic mass is 10.0. The SMILES string of the molecule is NC(CSC1CCCCC1)c1sccc1Br. The Labute approximate surface area is 114 Å². The van der Waals surface area contributed by atoms with E-state index < -0.39 is 0 Å². The van der Waals surface area contributed by atoms with E-state index in [2.05, 4.69) is 39.1 Å². The minimum absolute atomic E-state index is 0.196. The topological polar surface area (TPSA) is 26.0 Å². The zero-order valence-electron chi connectivity index (χ0n) is 9.32. The van der Waals surface area contributed by atoms with Gasteiger partial charge in [0.1, 0.15) is 0 Å². The molecule has 1 heterocycles. The Kier molecular flexibility index (Phi) is 5.20. The second kappa shape index (κ2) is 6.43. The quantitative estimate of drug-likeness (QED) is 0.879. The van der Waals surface area contributed by atoms with E-state index >= 15 is 0 Å². The van der Waals surface area contributed by atoms with Gasteiger partial charge in [-0.1, -0.05) is 19.3 Å². The van der Waals surface area contributed by atoms with Gasteiger partial charge in [-0.25, -0.2) is 0 Å². The third-order valence-corrected chi connectivity index (χ3v) is 6.54. The molecule has 1 aliphatic rings. The van der Waals surface area contributed by atoms with E-state index in [0.29, 0.717) is 0 Å². The number of hydrogen-bond acceptors (Lipinski definition) is 3. The van der Waals surface area contributed by atoms with Crippen molar-refractivity contribution in [2.24, 2.45) is 5.73 Å². The van der Waals surface area contributed by atoms with Crippen LogP contribution in [0.1, 0.15) is 43.0 Å². The lowest BCUT2D eigenvalue weighted by molar-refractivity contribution is 0.515. The summed E-state index contributed by atoms with van der Waals surface area (Å²) >= 11 is 7.39. The zero-order chi connectivity index (χ0) is 11.4. The van der Waals surface area contributed by atoms with Gasteiger partial charge in [-0.05, 0) is 40.2 Å². The fraction of sp³-hybridized carbons (Fsp3) is 0.667. The van der Waals surface area contributed by atoms with Crippen molar-refractivity contribution in [1.82, 2.24) is 0 Å². The Morgan fingerprint density at radius 1 is 1.44 bits per heavy atom. The standard InChI is InChI=1S/C12H18BrNS2/c13-10-6-7-15-12(10)11(14)8-16-9-4-2-1-3-5-9/h6-7,9,11H,1-5,8,14H2. The molecule has 1 fully saturated rings. The minimum atomic E-state index is 0.196. The van der Waals surface area contributed by atoms with Crippen LogP contribution >= 0.6 is 39.0 Å². The smallest absolute Gasteiger partial charge is 0.0493 e. The summed E-state index contributed by atoms with van der Waals surface area (Å²) in [6, 6.07) is 2.28. The average Bonchev–Trinajstić information content (AvgIpc) is 2.74. The molecule has 1 aliphatic carbocycles. The van der Waals surface area contributed by atoms with Crippen LogP contribution in [0.15, 0.2) is 15.9 Å². The second-order valence-corrected chi connectivity index (χ2v) is 7.47. The normalized spacial score (nSPS) is 19.9. The molecule has 90 valence electrons. The highest BCUT2D eigenvalue weighted by atomic mass is 79.9. The van der Waals surface area contributed by atoms with Crippen LogP contribution in [0.4, 0.5) is 0 Å². The Bertz CT molecular complexity index is 321. The Balaban J connectivity index is 1.79. The fourth-order valence-corrected chi connectivity index (χ4v) is 5.21. The van der Waals surface area contributed by atoms with Gasteiger partial charge in [0.05, 0.1) is 0 Å². The first kappa shape index (κ1) is 12.9. The van der Waals surface area contributed by atoms with Gasteiger partial charge in [-0.3, -0.25) is 0 Å². The van der Waals surface area contributed by atoms with E-state index in [4.69, 9.17) is 5.73 Å². The van der Waals surface area contributed by atoms with Crippen LogP contribution in [0, 0.1) is 0 Å². The van der Waals surface area contributed by atoms with E-state index in [1.165, 1.54) is 41.5 Å². The summed E-state index contributed by atoms with van der Waals surface area (Å²) in [7, 11) is 0. The third kappa shape index (κ3) is 3.49. The molecule has 0 aliphatic heterocycles. The van der Waals surface area contributed by atoms with E-state index in [9.17, 15) is 0 Å². The van der Waals surface area contributed by atoms with Crippen molar-refractivity contribution < 1.29 is 0 Å². The average molecular weight is 320 g/mol. The molecule has 1 aromatic rings. The van der Waals surface area contributed by atoms with Crippen LogP contribution < -0.4 is 5.73 Å². The summed E-state index contributed by atoms with van der Waals surface area (Å²) in [4.78, 5) is 1.29. The van der Waals surface area contributed by atoms with Crippen LogP contribution in [-0.4, -0.2) is 11.0 Å². The Morgan fingerprint density at radius 2 is 2.19 bits per heavy atom. The van der Waals surface area contributed by atoms with Gasteiger partial charge in [0.25, 0.3) is 0 Å². The van der Waals surface area contributed by atoms with E-state index in [1.807, 2.05) is 0 Å². The molecule has 1 nitrogen and oxygen atoms in total. The maximum absolute atomic E-state index is 6.22. The van der Waals surface area contributed by atoms with E-state index in [0.717, 1.165) is 11.0 Å². The molecule has 0 aromatic carbocycles. The molecule has 0 radical (unpaired) electrons.